The zero-order valence-electron chi connectivity index (χ0n) is 16.3. The van der Waals surface area contributed by atoms with Crippen LogP contribution in [0.4, 0.5) is 0 Å². The lowest BCUT2D eigenvalue weighted by Gasteiger charge is -2.23. The molecule has 0 fully saturated rings. The number of hydrogen-bond donors (Lipinski definition) is 1. The summed E-state index contributed by atoms with van der Waals surface area (Å²) in [5.41, 5.74) is 2.82. The van der Waals surface area contributed by atoms with Crippen molar-refractivity contribution < 1.29 is 23.8 Å². The number of hydrogen-bond acceptors (Lipinski definition) is 5. The highest BCUT2D eigenvalue weighted by Crippen LogP contribution is 2.31. The van der Waals surface area contributed by atoms with Crippen LogP contribution in [0.15, 0.2) is 52.9 Å². The maximum Gasteiger partial charge on any atom is 0.310 e. The summed E-state index contributed by atoms with van der Waals surface area (Å²) in [5, 5.41) is 9.12. The summed E-state index contributed by atoms with van der Waals surface area (Å²) < 4.78 is 17.2. The Morgan fingerprint density at radius 1 is 1.24 bits per heavy atom. The molecule has 2 aromatic carbocycles. The van der Waals surface area contributed by atoms with Crippen LogP contribution >= 0.6 is 0 Å². The Bertz CT molecular complexity index is 996. The third-order valence-corrected chi connectivity index (χ3v) is 5.03. The summed E-state index contributed by atoms with van der Waals surface area (Å²) in [5.74, 6) is 1.60. The van der Waals surface area contributed by atoms with Gasteiger partial charge in [-0.15, -0.1) is 0 Å². The van der Waals surface area contributed by atoms with Gasteiger partial charge in [0, 0.05) is 11.6 Å². The molecule has 0 spiro atoms. The molecule has 0 saturated carbocycles. The van der Waals surface area contributed by atoms with Gasteiger partial charge in [0.05, 0.1) is 18.2 Å². The van der Waals surface area contributed by atoms with Gasteiger partial charge in [-0.1, -0.05) is 24.3 Å². The topological polar surface area (TPSA) is 81.8 Å². The van der Waals surface area contributed by atoms with Gasteiger partial charge in [0.15, 0.2) is 0 Å². The van der Waals surface area contributed by atoms with Gasteiger partial charge >= 0.3 is 5.97 Å². The van der Waals surface area contributed by atoms with Gasteiger partial charge in [-0.05, 0) is 49.9 Å². The van der Waals surface area contributed by atoms with Crippen LogP contribution in [0.1, 0.15) is 23.4 Å². The molecule has 0 radical (unpaired) electrons. The van der Waals surface area contributed by atoms with Gasteiger partial charge in [-0.25, -0.2) is 4.98 Å². The lowest BCUT2D eigenvalue weighted by atomic mass is 9.97. The third kappa shape index (κ3) is 4.42. The van der Waals surface area contributed by atoms with Crippen molar-refractivity contribution >= 4 is 5.97 Å². The number of benzene rings is 2. The van der Waals surface area contributed by atoms with E-state index in [4.69, 9.17) is 19.0 Å². The van der Waals surface area contributed by atoms with Gasteiger partial charge < -0.3 is 19.0 Å². The Hall–Kier alpha value is -3.28. The Morgan fingerprint density at radius 3 is 2.86 bits per heavy atom. The minimum absolute atomic E-state index is 0.195. The zero-order chi connectivity index (χ0) is 20.2. The summed E-state index contributed by atoms with van der Waals surface area (Å²) in [6.07, 6.45) is 2.06. The number of aryl methyl sites for hydroxylation is 2. The molecule has 1 atom stereocenters. The highest BCUT2D eigenvalue weighted by Gasteiger charge is 2.25. The number of rotatable bonds is 7. The predicted molar refractivity (Wildman–Crippen MR) is 107 cm³/mol. The van der Waals surface area contributed by atoms with E-state index >= 15 is 0 Å². The van der Waals surface area contributed by atoms with Crippen LogP contribution in [-0.2, 0) is 17.6 Å². The highest BCUT2D eigenvalue weighted by atomic mass is 16.5. The van der Waals surface area contributed by atoms with Gasteiger partial charge in [-0.2, -0.15) is 0 Å². The largest absolute Gasteiger partial charge is 0.493 e. The highest BCUT2D eigenvalue weighted by molar-refractivity contribution is 5.71. The van der Waals surface area contributed by atoms with Crippen molar-refractivity contribution in [2.75, 3.05) is 13.2 Å². The number of nitrogens with zero attached hydrogens (tertiary/aromatic N) is 1. The molecule has 0 bridgehead atoms. The van der Waals surface area contributed by atoms with Crippen LogP contribution in [0.25, 0.3) is 11.5 Å². The summed E-state index contributed by atoms with van der Waals surface area (Å²) in [4.78, 5) is 15.7. The van der Waals surface area contributed by atoms with Crippen LogP contribution in [-0.4, -0.2) is 29.3 Å². The Kier molecular flexibility index (Phi) is 5.51. The Labute approximate surface area is 169 Å². The zero-order valence-corrected chi connectivity index (χ0v) is 16.3. The fourth-order valence-corrected chi connectivity index (χ4v) is 3.39. The number of aliphatic carboxylic acids is 1. The average Bonchev–Trinajstić information content (AvgIpc) is 3.12. The summed E-state index contributed by atoms with van der Waals surface area (Å²) in [6, 6.07) is 15.4. The molecule has 0 saturated heterocycles. The lowest BCUT2D eigenvalue weighted by Crippen LogP contribution is -2.27. The van der Waals surface area contributed by atoms with E-state index in [2.05, 4.69) is 4.98 Å². The number of oxazole rings is 1. The summed E-state index contributed by atoms with van der Waals surface area (Å²) in [7, 11) is 0. The molecular weight excluding hydrogens is 370 g/mol. The first-order valence-corrected chi connectivity index (χ1v) is 9.73. The molecule has 6 nitrogen and oxygen atoms in total. The fourth-order valence-electron chi connectivity index (χ4n) is 3.39. The SMILES string of the molecule is Cc1oc(-c2ccccc2)nc1CCCOc1ccc2c(c1)OCC(C(=O)O)C2. The molecule has 1 aliphatic heterocycles. The molecule has 6 heteroatoms. The van der Waals surface area contributed by atoms with Crippen LogP contribution in [0.5, 0.6) is 11.5 Å². The van der Waals surface area contributed by atoms with Crippen molar-refractivity contribution in [3.63, 3.8) is 0 Å². The molecule has 4 rings (SSSR count). The Morgan fingerprint density at radius 2 is 2.07 bits per heavy atom. The van der Waals surface area contributed by atoms with E-state index in [1.54, 1.807) is 0 Å². The summed E-state index contributed by atoms with van der Waals surface area (Å²) in [6.45, 7) is 2.67. The fraction of sp³-hybridized carbons (Fsp3) is 0.304. The number of ether oxygens (including phenoxy) is 2. The summed E-state index contributed by atoms with van der Waals surface area (Å²) >= 11 is 0. The molecule has 0 amide bonds. The first-order chi connectivity index (χ1) is 14.1. The quantitative estimate of drug-likeness (QED) is 0.603. The monoisotopic (exact) mass is 393 g/mol. The number of carbonyl (C=O) groups is 1. The molecule has 1 unspecified atom stereocenters. The van der Waals surface area contributed by atoms with E-state index in [1.165, 1.54) is 0 Å². The predicted octanol–water partition coefficient (Wildman–Crippen LogP) is 4.30. The van der Waals surface area contributed by atoms with Gasteiger partial charge in [-0.3, -0.25) is 4.79 Å². The number of fused-ring (bicyclic) bond motifs is 1. The molecular formula is C23H23NO5. The van der Waals surface area contributed by atoms with Crippen LogP contribution in [0.2, 0.25) is 0 Å². The third-order valence-electron chi connectivity index (χ3n) is 5.03. The van der Waals surface area contributed by atoms with Crippen molar-refractivity contribution in [2.45, 2.75) is 26.2 Å². The standard InChI is InChI=1S/C23H23NO5/c1-15-20(24-22(29-15)16-6-3-2-4-7-16)8-5-11-27-19-10-9-17-12-18(23(25)26)14-28-21(17)13-19/h2-4,6-7,9-10,13,18H,5,8,11-12,14H2,1H3,(H,25,26). The van der Waals surface area contributed by atoms with Crippen molar-refractivity contribution in [1.29, 1.82) is 0 Å². The first kappa shape index (κ1) is 19.1. The minimum Gasteiger partial charge on any atom is -0.493 e. The maximum absolute atomic E-state index is 11.1. The maximum atomic E-state index is 11.1. The molecule has 1 aliphatic rings. The van der Waals surface area contributed by atoms with Gasteiger partial charge in [0.2, 0.25) is 5.89 Å². The van der Waals surface area contributed by atoms with Crippen LogP contribution < -0.4 is 9.47 Å². The minimum atomic E-state index is -0.824. The second kappa shape index (κ2) is 8.39. The van der Waals surface area contributed by atoms with Gasteiger partial charge in [0.25, 0.3) is 0 Å². The van der Waals surface area contributed by atoms with E-state index in [1.807, 2.05) is 55.5 Å². The lowest BCUT2D eigenvalue weighted by molar-refractivity contribution is -0.143. The molecule has 3 aromatic rings. The smallest absolute Gasteiger partial charge is 0.310 e. The Balaban J connectivity index is 1.30. The second-order valence-electron chi connectivity index (χ2n) is 7.16. The van der Waals surface area contributed by atoms with E-state index in [9.17, 15) is 4.79 Å². The van der Waals surface area contributed by atoms with Gasteiger partial charge in [0.1, 0.15) is 23.9 Å². The second-order valence-corrected chi connectivity index (χ2v) is 7.16. The molecule has 1 N–H and O–H groups in total. The number of carboxylic acid groups (broad SMARTS) is 1. The number of aromatic nitrogens is 1. The molecule has 29 heavy (non-hydrogen) atoms. The van der Waals surface area contributed by atoms with Crippen LogP contribution in [0, 0.1) is 12.8 Å². The van der Waals surface area contributed by atoms with E-state index < -0.39 is 11.9 Å². The van der Waals surface area contributed by atoms with Crippen molar-refractivity contribution in [2.24, 2.45) is 5.92 Å². The van der Waals surface area contributed by atoms with Crippen molar-refractivity contribution in [3.05, 3.63) is 65.5 Å². The normalized spacial score (nSPS) is 15.4. The van der Waals surface area contributed by atoms with E-state index in [-0.39, 0.29) is 6.61 Å². The van der Waals surface area contributed by atoms with E-state index in [0.717, 1.165) is 41.2 Å². The average molecular weight is 393 g/mol. The van der Waals surface area contributed by atoms with E-state index in [0.29, 0.717) is 24.7 Å². The first-order valence-electron chi connectivity index (χ1n) is 9.73. The van der Waals surface area contributed by atoms with Crippen molar-refractivity contribution in [1.82, 2.24) is 4.98 Å². The van der Waals surface area contributed by atoms with Crippen LogP contribution in [0.3, 0.4) is 0 Å². The van der Waals surface area contributed by atoms with Crippen molar-refractivity contribution in [3.8, 4) is 23.0 Å². The molecule has 0 aliphatic carbocycles. The number of carboxylic acids is 1. The molecule has 1 aromatic heterocycles. The molecule has 150 valence electrons. The molecule has 2 heterocycles.